The van der Waals surface area contributed by atoms with Crippen molar-refractivity contribution >= 4 is 7.60 Å². The van der Waals surface area contributed by atoms with Crippen molar-refractivity contribution in [2.45, 2.75) is 13.3 Å². The van der Waals surface area contributed by atoms with Gasteiger partial charge in [-0.25, -0.2) is 0 Å². The average molecular weight is 226 g/mol. The Morgan fingerprint density at radius 3 is 2.67 bits per heavy atom. The zero-order chi connectivity index (χ0) is 11.6. The van der Waals surface area contributed by atoms with Crippen LogP contribution >= 0.6 is 7.60 Å². The Labute approximate surface area is 91.4 Å². The quantitative estimate of drug-likeness (QED) is 0.380. The van der Waals surface area contributed by atoms with Gasteiger partial charge in [0.2, 0.25) is 0 Å². The molecule has 0 saturated carbocycles. The Morgan fingerprint density at radius 2 is 2.13 bits per heavy atom. The maximum Gasteiger partial charge on any atom is 0.332 e. The Kier molecular flexibility index (Phi) is 7.78. The molecule has 0 aliphatic heterocycles. The lowest BCUT2D eigenvalue weighted by atomic mass is 10.5. The summed E-state index contributed by atoms with van der Waals surface area (Å²) in [6, 6.07) is 0. The molecule has 0 saturated heterocycles. The topological polar surface area (TPSA) is 35.5 Å². The molecule has 0 radical (unpaired) electrons. The zero-order valence-corrected chi connectivity index (χ0v) is 9.76. The van der Waals surface area contributed by atoms with E-state index in [9.17, 15) is 4.57 Å². The normalized spacial score (nSPS) is 13.1. The van der Waals surface area contributed by atoms with Gasteiger partial charge < -0.3 is 0 Å². The molecular weight excluding hydrogens is 211 g/mol. The molecule has 15 heavy (non-hydrogen) atoms. The Hall–Kier alpha value is -0.990. The molecule has 1 atom stereocenters. The fraction of sp³-hybridized carbons (Fsp3) is 0.455. The Bertz CT molecular complexity index is 330. The summed E-state index contributed by atoms with van der Waals surface area (Å²) in [6.45, 7) is 5.29. The van der Waals surface area contributed by atoms with E-state index in [4.69, 9.17) is 15.5 Å². The van der Waals surface area contributed by atoms with Gasteiger partial charge in [0, 0.05) is 0 Å². The molecule has 0 fully saturated rings. The predicted molar refractivity (Wildman–Crippen MR) is 61.5 cm³/mol. The molecule has 0 rings (SSSR count). The van der Waals surface area contributed by atoms with Gasteiger partial charge in [0.05, 0.1) is 6.16 Å². The number of terminal acetylenes is 1. The van der Waals surface area contributed by atoms with E-state index in [1.165, 1.54) is 0 Å². The van der Waals surface area contributed by atoms with Gasteiger partial charge in [0.1, 0.15) is 13.2 Å². The number of hydrogen-bond donors (Lipinski definition) is 0. The van der Waals surface area contributed by atoms with Crippen LogP contribution in [0.4, 0.5) is 0 Å². The van der Waals surface area contributed by atoms with E-state index in [0.717, 1.165) is 0 Å². The fourth-order valence-electron chi connectivity index (χ4n) is 0.754. The fourth-order valence-corrected chi connectivity index (χ4v) is 2.12. The van der Waals surface area contributed by atoms with Gasteiger partial charge in [-0.1, -0.05) is 17.9 Å². The van der Waals surface area contributed by atoms with Gasteiger partial charge in [-0.05, 0) is 13.3 Å². The SMILES string of the molecule is C#CCOP(=O)(CCC=C)OCC#CC. The van der Waals surface area contributed by atoms with Gasteiger partial charge >= 0.3 is 7.60 Å². The highest BCUT2D eigenvalue weighted by Crippen LogP contribution is 2.48. The highest BCUT2D eigenvalue weighted by molar-refractivity contribution is 7.53. The van der Waals surface area contributed by atoms with Crippen molar-refractivity contribution in [2.24, 2.45) is 0 Å². The average Bonchev–Trinajstić information content (AvgIpc) is 2.24. The molecule has 0 aromatic rings. The molecule has 0 aromatic heterocycles. The first kappa shape index (κ1) is 14.0. The largest absolute Gasteiger partial charge is 0.332 e. The highest BCUT2D eigenvalue weighted by atomic mass is 31.2. The third-order valence-corrected chi connectivity index (χ3v) is 3.31. The van der Waals surface area contributed by atoms with Crippen LogP contribution in [-0.4, -0.2) is 19.4 Å². The second-order valence-corrected chi connectivity index (χ2v) is 4.78. The molecule has 0 aliphatic rings. The van der Waals surface area contributed by atoms with E-state index in [-0.39, 0.29) is 19.4 Å². The highest BCUT2D eigenvalue weighted by Gasteiger charge is 2.22. The molecule has 4 heteroatoms. The van der Waals surface area contributed by atoms with Gasteiger partial charge in [0.15, 0.2) is 0 Å². The number of rotatable bonds is 7. The molecule has 0 amide bonds. The van der Waals surface area contributed by atoms with E-state index in [2.05, 4.69) is 24.3 Å². The van der Waals surface area contributed by atoms with Crippen molar-refractivity contribution < 1.29 is 13.6 Å². The first-order valence-corrected chi connectivity index (χ1v) is 6.23. The first-order valence-electron chi connectivity index (χ1n) is 4.50. The second-order valence-electron chi connectivity index (χ2n) is 2.59. The zero-order valence-electron chi connectivity index (χ0n) is 8.86. The van der Waals surface area contributed by atoms with Gasteiger partial charge in [-0.2, -0.15) is 0 Å². The molecule has 82 valence electrons. The van der Waals surface area contributed by atoms with Crippen molar-refractivity contribution in [1.29, 1.82) is 0 Å². The van der Waals surface area contributed by atoms with Crippen LogP contribution in [-0.2, 0) is 13.6 Å². The monoisotopic (exact) mass is 226 g/mol. The summed E-state index contributed by atoms with van der Waals surface area (Å²) in [5, 5.41) is 0. The van der Waals surface area contributed by atoms with Crippen molar-refractivity contribution in [3.05, 3.63) is 12.7 Å². The summed E-state index contributed by atoms with van der Waals surface area (Å²) >= 11 is 0. The molecule has 1 unspecified atom stereocenters. The van der Waals surface area contributed by atoms with Crippen LogP contribution in [0.1, 0.15) is 13.3 Å². The molecule has 0 bridgehead atoms. The van der Waals surface area contributed by atoms with Gasteiger partial charge in [0.25, 0.3) is 0 Å². The van der Waals surface area contributed by atoms with E-state index >= 15 is 0 Å². The lowest BCUT2D eigenvalue weighted by Gasteiger charge is -2.14. The molecular formula is C11H15O3P. The van der Waals surface area contributed by atoms with Gasteiger partial charge in [-0.15, -0.1) is 18.9 Å². The second kappa shape index (κ2) is 8.33. The molecule has 0 N–H and O–H groups in total. The third kappa shape index (κ3) is 7.00. The summed E-state index contributed by atoms with van der Waals surface area (Å²) in [7, 11) is -3.10. The summed E-state index contributed by atoms with van der Waals surface area (Å²) in [6.07, 6.45) is 7.51. The molecule has 0 spiro atoms. The van der Waals surface area contributed by atoms with Crippen LogP contribution in [0.15, 0.2) is 12.7 Å². The lowest BCUT2D eigenvalue weighted by molar-refractivity contribution is 0.242. The summed E-state index contributed by atoms with van der Waals surface area (Å²) in [4.78, 5) is 0. The van der Waals surface area contributed by atoms with Crippen LogP contribution in [0.25, 0.3) is 0 Å². The van der Waals surface area contributed by atoms with Crippen molar-refractivity contribution in [1.82, 2.24) is 0 Å². The smallest absolute Gasteiger partial charge is 0.295 e. The van der Waals surface area contributed by atoms with Crippen LogP contribution in [0.5, 0.6) is 0 Å². The molecule has 3 nitrogen and oxygen atoms in total. The number of allylic oxidation sites excluding steroid dienone is 1. The first-order chi connectivity index (χ1) is 7.18. The minimum atomic E-state index is -3.10. The van der Waals surface area contributed by atoms with Crippen molar-refractivity contribution in [3.8, 4) is 24.2 Å². The van der Waals surface area contributed by atoms with E-state index in [0.29, 0.717) is 6.42 Å². The Morgan fingerprint density at radius 1 is 1.47 bits per heavy atom. The van der Waals surface area contributed by atoms with E-state index in [1.54, 1.807) is 13.0 Å². The summed E-state index contributed by atoms with van der Waals surface area (Å²) < 4.78 is 22.0. The predicted octanol–water partition coefficient (Wildman–Crippen LogP) is 2.45. The van der Waals surface area contributed by atoms with E-state index < -0.39 is 7.60 Å². The van der Waals surface area contributed by atoms with Gasteiger partial charge in [-0.3, -0.25) is 13.6 Å². The summed E-state index contributed by atoms with van der Waals surface area (Å²) in [5.41, 5.74) is 0. The van der Waals surface area contributed by atoms with Crippen LogP contribution < -0.4 is 0 Å². The number of hydrogen-bond acceptors (Lipinski definition) is 3. The maximum absolute atomic E-state index is 12.0. The van der Waals surface area contributed by atoms with Crippen LogP contribution in [0.2, 0.25) is 0 Å². The van der Waals surface area contributed by atoms with E-state index in [1.807, 2.05) is 0 Å². The molecule has 0 heterocycles. The van der Waals surface area contributed by atoms with Crippen molar-refractivity contribution in [3.63, 3.8) is 0 Å². The van der Waals surface area contributed by atoms with Crippen molar-refractivity contribution in [2.75, 3.05) is 19.4 Å². The van der Waals surface area contributed by atoms with Crippen LogP contribution in [0, 0.1) is 24.2 Å². The maximum atomic E-state index is 12.0. The molecule has 0 aliphatic carbocycles. The van der Waals surface area contributed by atoms with Crippen LogP contribution in [0.3, 0.4) is 0 Å². The molecule has 0 aromatic carbocycles. The minimum absolute atomic E-state index is 0.0199. The minimum Gasteiger partial charge on any atom is -0.295 e. The standard InChI is InChI=1S/C11H15O3P/c1-4-7-10-14-15(12,11-8-5-2)13-9-6-3/h3,5H,2,8-11H2,1H3. The summed E-state index contributed by atoms with van der Waals surface area (Å²) in [5.74, 6) is 7.55. The Balaban J connectivity index is 4.24. The lowest BCUT2D eigenvalue weighted by Crippen LogP contribution is -2.00. The third-order valence-electron chi connectivity index (χ3n) is 1.46.